The molecular weight excluding hydrogens is 274 g/mol. The minimum Gasteiger partial charge on any atom is -0.466 e. The van der Waals surface area contributed by atoms with Crippen molar-refractivity contribution in [1.82, 2.24) is 10.6 Å². The van der Waals surface area contributed by atoms with Crippen molar-refractivity contribution >= 4 is 23.7 Å². The summed E-state index contributed by atoms with van der Waals surface area (Å²) in [6.45, 7) is 6.73. The number of rotatable bonds is 11. The number of hydrogen-bond donors (Lipinski definition) is 2. The molecule has 5 nitrogen and oxygen atoms in total. The SMILES string of the molecule is CCNC(=NCCCC(=O)OCC)NCCCCSC. The zero-order chi connectivity index (χ0) is 15.1. The summed E-state index contributed by atoms with van der Waals surface area (Å²) in [5.74, 6) is 1.90. The van der Waals surface area contributed by atoms with E-state index in [0.29, 0.717) is 19.6 Å². The molecule has 0 atom stereocenters. The summed E-state index contributed by atoms with van der Waals surface area (Å²) < 4.78 is 4.88. The smallest absolute Gasteiger partial charge is 0.305 e. The van der Waals surface area contributed by atoms with E-state index in [1.54, 1.807) is 0 Å². The average Bonchev–Trinajstić information content (AvgIpc) is 2.43. The average molecular weight is 303 g/mol. The molecule has 2 N–H and O–H groups in total. The van der Waals surface area contributed by atoms with Gasteiger partial charge in [-0.25, -0.2) is 0 Å². The highest BCUT2D eigenvalue weighted by molar-refractivity contribution is 7.98. The van der Waals surface area contributed by atoms with Crippen molar-refractivity contribution in [3.63, 3.8) is 0 Å². The van der Waals surface area contributed by atoms with E-state index in [4.69, 9.17) is 4.74 Å². The van der Waals surface area contributed by atoms with E-state index in [1.807, 2.05) is 25.6 Å². The Balaban J connectivity index is 3.80. The molecule has 0 rings (SSSR count). The highest BCUT2D eigenvalue weighted by Crippen LogP contribution is 1.98. The van der Waals surface area contributed by atoms with E-state index >= 15 is 0 Å². The van der Waals surface area contributed by atoms with E-state index in [1.165, 1.54) is 12.2 Å². The molecule has 0 radical (unpaired) electrons. The summed E-state index contributed by atoms with van der Waals surface area (Å²) in [6, 6.07) is 0. The maximum Gasteiger partial charge on any atom is 0.305 e. The van der Waals surface area contributed by atoms with Gasteiger partial charge >= 0.3 is 5.97 Å². The fourth-order valence-corrected chi connectivity index (χ4v) is 2.06. The number of unbranched alkanes of at least 4 members (excludes halogenated alkanes) is 1. The zero-order valence-corrected chi connectivity index (χ0v) is 13.9. The zero-order valence-electron chi connectivity index (χ0n) is 13.0. The number of aliphatic imine (C=N–C) groups is 1. The normalized spacial score (nSPS) is 11.2. The molecule has 0 bridgehead atoms. The number of nitrogens with one attached hydrogen (secondary N) is 2. The summed E-state index contributed by atoms with van der Waals surface area (Å²) in [5, 5.41) is 6.51. The number of esters is 1. The standard InChI is InChI=1S/C14H29N3O2S/c1-4-15-14(16-10-6-7-12-20-3)17-11-8-9-13(18)19-5-2/h4-12H2,1-3H3,(H2,15,16,17). The molecule has 0 amide bonds. The molecule has 0 aromatic heterocycles. The Bertz CT molecular complexity index is 273. The molecular formula is C14H29N3O2S. The van der Waals surface area contributed by atoms with Gasteiger partial charge in [-0.3, -0.25) is 9.79 Å². The molecule has 20 heavy (non-hydrogen) atoms. The lowest BCUT2D eigenvalue weighted by atomic mass is 10.3. The molecule has 0 saturated heterocycles. The number of guanidine groups is 1. The molecule has 0 heterocycles. The van der Waals surface area contributed by atoms with Gasteiger partial charge < -0.3 is 15.4 Å². The van der Waals surface area contributed by atoms with Gasteiger partial charge in [0.2, 0.25) is 0 Å². The van der Waals surface area contributed by atoms with Gasteiger partial charge in [0.05, 0.1) is 6.61 Å². The molecule has 0 aliphatic rings. The number of carbonyl (C=O) groups excluding carboxylic acids is 1. The van der Waals surface area contributed by atoms with E-state index in [-0.39, 0.29) is 5.97 Å². The maximum absolute atomic E-state index is 11.2. The van der Waals surface area contributed by atoms with Gasteiger partial charge in [-0.05, 0) is 45.1 Å². The van der Waals surface area contributed by atoms with Crippen LogP contribution in [0.2, 0.25) is 0 Å². The second-order valence-corrected chi connectivity index (χ2v) is 5.28. The first-order chi connectivity index (χ1) is 9.74. The molecule has 0 unspecified atom stereocenters. The molecule has 0 fully saturated rings. The molecule has 0 aliphatic carbocycles. The van der Waals surface area contributed by atoms with Crippen molar-refractivity contribution in [2.24, 2.45) is 4.99 Å². The third kappa shape index (κ3) is 12.1. The Morgan fingerprint density at radius 2 is 2.00 bits per heavy atom. The molecule has 0 spiro atoms. The van der Waals surface area contributed by atoms with Gasteiger partial charge in [0.1, 0.15) is 0 Å². The molecule has 0 aromatic carbocycles. The van der Waals surface area contributed by atoms with Crippen LogP contribution in [0.5, 0.6) is 0 Å². The quantitative estimate of drug-likeness (QED) is 0.265. The number of carbonyl (C=O) groups is 1. The minimum absolute atomic E-state index is 0.141. The lowest BCUT2D eigenvalue weighted by Crippen LogP contribution is -2.37. The first kappa shape index (κ1) is 19.1. The molecule has 118 valence electrons. The van der Waals surface area contributed by atoms with E-state index < -0.39 is 0 Å². The van der Waals surface area contributed by atoms with E-state index in [9.17, 15) is 4.79 Å². The Morgan fingerprint density at radius 1 is 1.20 bits per heavy atom. The van der Waals surface area contributed by atoms with Crippen LogP contribution < -0.4 is 10.6 Å². The van der Waals surface area contributed by atoms with Crippen LogP contribution in [0.4, 0.5) is 0 Å². The maximum atomic E-state index is 11.2. The van der Waals surface area contributed by atoms with Crippen molar-refractivity contribution in [3.05, 3.63) is 0 Å². The number of thioether (sulfide) groups is 1. The lowest BCUT2D eigenvalue weighted by Gasteiger charge is -2.11. The minimum atomic E-state index is -0.141. The molecule has 0 aromatic rings. The van der Waals surface area contributed by atoms with Crippen LogP contribution >= 0.6 is 11.8 Å². The van der Waals surface area contributed by atoms with Gasteiger partial charge in [0.15, 0.2) is 5.96 Å². The van der Waals surface area contributed by atoms with E-state index in [2.05, 4.69) is 21.9 Å². The number of nitrogens with zero attached hydrogens (tertiary/aromatic N) is 1. The largest absolute Gasteiger partial charge is 0.466 e. The monoisotopic (exact) mass is 303 g/mol. The van der Waals surface area contributed by atoms with Crippen LogP contribution in [0.15, 0.2) is 4.99 Å². The highest BCUT2D eigenvalue weighted by Gasteiger charge is 2.01. The summed E-state index contributed by atoms with van der Waals surface area (Å²) in [4.78, 5) is 15.6. The second kappa shape index (κ2) is 14.5. The van der Waals surface area contributed by atoms with E-state index in [0.717, 1.165) is 31.9 Å². The Kier molecular flexibility index (Phi) is 13.8. The van der Waals surface area contributed by atoms with Crippen molar-refractivity contribution in [3.8, 4) is 0 Å². The number of hydrogen-bond acceptors (Lipinski definition) is 4. The van der Waals surface area contributed by atoms with Crippen LogP contribution in [0.1, 0.15) is 39.5 Å². The van der Waals surface area contributed by atoms with Gasteiger partial charge in [-0.2, -0.15) is 11.8 Å². The van der Waals surface area contributed by atoms with Gasteiger partial charge in [0.25, 0.3) is 0 Å². The molecule has 0 aliphatic heterocycles. The third-order valence-corrected chi connectivity index (χ3v) is 3.22. The lowest BCUT2D eigenvalue weighted by molar-refractivity contribution is -0.143. The summed E-state index contributed by atoms with van der Waals surface area (Å²) in [5.41, 5.74) is 0. The van der Waals surface area contributed by atoms with Crippen molar-refractivity contribution in [2.45, 2.75) is 39.5 Å². The van der Waals surface area contributed by atoms with Crippen LogP contribution in [0, 0.1) is 0 Å². The Hall–Kier alpha value is -0.910. The van der Waals surface area contributed by atoms with Gasteiger partial charge in [-0.15, -0.1) is 0 Å². The van der Waals surface area contributed by atoms with Crippen LogP contribution in [0.25, 0.3) is 0 Å². The first-order valence-electron chi connectivity index (χ1n) is 7.41. The highest BCUT2D eigenvalue weighted by atomic mass is 32.2. The van der Waals surface area contributed by atoms with Crippen molar-refractivity contribution in [1.29, 1.82) is 0 Å². The van der Waals surface area contributed by atoms with Crippen LogP contribution in [-0.4, -0.2) is 50.2 Å². The van der Waals surface area contributed by atoms with Gasteiger partial charge in [0, 0.05) is 26.1 Å². The van der Waals surface area contributed by atoms with Crippen LogP contribution in [0.3, 0.4) is 0 Å². The Labute approximate surface area is 127 Å². The molecule has 6 heteroatoms. The summed E-state index contributed by atoms with van der Waals surface area (Å²) in [6.07, 6.45) is 5.65. The second-order valence-electron chi connectivity index (χ2n) is 4.30. The van der Waals surface area contributed by atoms with Crippen molar-refractivity contribution < 1.29 is 9.53 Å². The third-order valence-electron chi connectivity index (χ3n) is 2.53. The Morgan fingerprint density at radius 3 is 2.65 bits per heavy atom. The summed E-state index contributed by atoms with van der Waals surface area (Å²) in [7, 11) is 0. The predicted molar refractivity (Wildman–Crippen MR) is 87.5 cm³/mol. The fourth-order valence-electron chi connectivity index (χ4n) is 1.57. The number of ether oxygens (including phenoxy) is 1. The first-order valence-corrected chi connectivity index (χ1v) is 8.80. The topological polar surface area (TPSA) is 62.7 Å². The van der Waals surface area contributed by atoms with Crippen molar-refractivity contribution in [2.75, 3.05) is 38.2 Å². The fraction of sp³-hybridized carbons (Fsp3) is 0.857. The summed E-state index contributed by atoms with van der Waals surface area (Å²) >= 11 is 1.88. The predicted octanol–water partition coefficient (Wildman–Crippen LogP) is 2.03. The van der Waals surface area contributed by atoms with Crippen LogP contribution in [-0.2, 0) is 9.53 Å². The molecule has 0 saturated carbocycles. The van der Waals surface area contributed by atoms with Gasteiger partial charge in [-0.1, -0.05) is 0 Å².